The molecule has 4 heterocycles. The summed E-state index contributed by atoms with van der Waals surface area (Å²) in [6, 6.07) is 4.41. The van der Waals surface area contributed by atoms with Gasteiger partial charge >= 0.3 is 0 Å². The molecule has 3 aliphatic rings. The topological polar surface area (TPSA) is 54.9 Å². The van der Waals surface area contributed by atoms with Crippen molar-refractivity contribution in [3.63, 3.8) is 0 Å². The van der Waals surface area contributed by atoms with Crippen LogP contribution in [0.5, 0.6) is 0 Å². The highest BCUT2D eigenvalue weighted by Gasteiger charge is 2.40. The number of piperidine rings is 1. The van der Waals surface area contributed by atoms with Gasteiger partial charge < -0.3 is 14.4 Å². The number of hydrogen-bond acceptors (Lipinski definition) is 5. The van der Waals surface area contributed by atoms with E-state index in [4.69, 9.17) is 9.47 Å². The van der Waals surface area contributed by atoms with E-state index in [2.05, 4.69) is 22.0 Å². The number of amides is 1. The second-order valence-electron chi connectivity index (χ2n) is 6.94. The molecule has 24 heavy (non-hydrogen) atoms. The lowest BCUT2D eigenvalue weighted by Gasteiger charge is -2.47. The molecule has 6 nitrogen and oxygen atoms in total. The van der Waals surface area contributed by atoms with E-state index in [-0.39, 0.29) is 24.0 Å². The normalized spacial score (nSPS) is 31.0. The summed E-state index contributed by atoms with van der Waals surface area (Å²) in [5.41, 5.74) is 1.26. The fourth-order valence-electron chi connectivity index (χ4n) is 4.05. The number of ether oxygens (including phenoxy) is 2. The quantitative estimate of drug-likeness (QED) is 0.824. The van der Waals surface area contributed by atoms with Gasteiger partial charge in [-0.15, -0.1) is 0 Å². The van der Waals surface area contributed by atoms with Crippen LogP contribution in [0.4, 0.5) is 0 Å². The largest absolute Gasteiger partial charge is 0.381 e. The molecule has 0 N–H and O–H groups in total. The molecule has 3 aliphatic heterocycles. The standard InChI is InChI=1S/C18H25N3O3/c22-18(15-4-9-23-13-15)21-7-3-17-16(12-21)20(8-10-24-17)11-14-1-5-19-6-2-14/h1-2,5-6,15-17H,3-4,7-13H2/t15?,16-,17-/m1/s1. The molecular weight excluding hydrogens is 306 g/mol. The van der Waals surface area contributed by atoms with Gasteiger partial charge in [0.15, 0.2) is 0 Å². The first kappa shape index (κ1) is 16.0. The molecule has 1 unspecified atom stereocenters. The Kier molecular flexibility index (Phi) is 4.78. The summed E-state index contributed by atoms with van der Waals surface area (Å²) in [4.78, 5) is 21.3. The predicted molar refractivity (Wildman–Crippen MR) is 88.3 cm³/mol. The van der Waals surface area contributed by atoms with E-state index in [0.717, 1.165) is 45.6 Å². The molecule has 1 aromatic heterocycles. The van der Waals surface area contributed by atoms with Crippen LogP contribution >= 0.6 is 0 Å². The van der Waals surface area contributed by atoms with Gasteiger partial charge in [0.1, 0.15) is 0 Å². The Morgan fingerprint density at radius 3 is 2.88 bits per heavy atom. The minimum absolute atomic E-state index is 0.0553. The summed E-state index contributed by atoms with van der Waals surface area (Å²) in [5.74, 6) is 0.320. The Morgan fingerprint density at radius 1 is 1.21 bits per heavy atom. The van der Waals surface area contributed by atoms with Crippen LogP contribution in [0, 0.1) is 5.92 Å². The molecule has 1 aromatic rings. The van der Waals surface area contributed by atoms with E-state index in [1.165, 1.54) is 5.56 Å². The molecule has 0 aromatic carbocycles. The molecule has 3 atom stereocenters. The average Bonchev–Trinajstić information content (AvgIpc) is 3.17. The molecule has 0 saturated carbocycles. The van der Waals surface area contributed by atoms with Crippen molar-refractivity contribution in [2.45, 2.75) is 31.5 Å². The summed E-state index contributed by atoms with van der Waals surface area (Å²) in [6.45, 7) is 5.45. The van der Waals surface area contributed by atoms with Crippen molar-refractivity contribution < 1.29 is 14.3 Å². The Bertz CT molecular complexity index is 562. The summed E-state index contributed by atoms with van der Waals surface area (Å²) in [7, 11) is 0. The van der Waals surface area contributed by atoms with E-state index >= 15 is 0 Å². The SMILES string of the molecule is O=C(C1CCOC1)N1CC[C@H]2OCCN(Cc3ccncc3)[C@@H]2C1. The van der Waals surface area contributed by atoms with Crippen molar-refractivity contribution in [3.8, 4) is 0 Å². The van der Waals surface area contributed by atoms with Gasteiger partial charge in [-0.05, 0) is 30.5 Å². The number of morpholine rings is 1. The van der Waals surface area contributed by atoms with Crippen molar-refractivity contribution in [2.75, 3.05) is 39.5 Å². The summed E-state index contributed by atoms with van der Waals surface area (Å²) in [5, 5.41) is 0. The molecule has 1 amide bonds. The number of rotatable bonds is 3. The lowest BCUT2D eigenvalue weighted by molar-refractivity contribution is -0.147. The molecule has 3 saturated heterocycles. The van der Waals surface area contributed by atoms with Gasteiger partial charge in [-0.1, -0.05) is 0 Å². The maximum absolute atomic E-state index is 12.7. The highest BCUT2D eigenvalue weighted by molar-refractivity contribution is 5.79. The van der Waals surface area contributed by atoms with Crippen LogP contribution in [0.15, 0.2) is 24.5 Å². The van der Waals surface area contributed by atoms with Crippen LogP contribution in [0.25, 0.3) is 0 Å². The maximum Gasteiger partial charge on any atom is 0.228 e. The van der Waals surface area contributed by atoms with Crippen LogP contribution in [0.3, 0.4) is 0 Å². The molecule has 0 bridgehead atoms. The third kappa shape index (κ3) is 3.31. The summed E-state index contributed by atoms with van der Waals surface area (Å²) in [6.07, 6.45) is 5.70. The van der Waals surface area contributed by atoms with Crippen LogP contribution < -0.4 is 0 Å². The minimum Gasteiger partial charge on any atom is -0.381 e. The molecule has 4 rings (SSSR count). The fourth-order valence-corrected chi connectivity index (χ4v) is 4.05. The van der Waals surface area contributed by atoms with Crippen LogP contribution in [0.2, 0.25) is 0 Å². The second kappa shape index (κ2) is 7.17. The van der Waals surface area contributed by atoms with Crippen molar-refractivity contribution in [1.29, 1.82) is 0 Å². The molecule has 130 valence electrons. The lowest BCUT2D eigenvalue weighted by atomic mass is 9.96. The van der Waals surface area contributed by atoms with Gasteiger partial charge in [-0.25, -0.2) is 0 Å². The first-order valence-corrected chi connectivity index (χ1v) is 8.92. The number of aromatic nitrogens is 1. The predicted octanol–water partition coefficient (Wildman–Crippen LogP) is 0.920. The van der Waals surface area contributed by atoms with Crippen molar-refractivity contribution >= 4 is 5.91 Å². The number of likely N-dealkylation sites (tertiary alicyclic amines) is 1. The lowest BCUT2D eigenvalue weighted by Crippen LogP contribution is -2.61. The number of hydrogen-bond donors (Lipinski definition) is 0. The third-order valence-corrected chi connectivity index (χ3v) is 5.43. The van der Waals surface area contributed by atoms with Crippen molar-refractivity contribution in [2.24, 2.45) is 5.92 Å². The van der Waals surface area contributed by atoms with E-state index in [1.807, 2.05) is 17.3 Å². The highest BCUT2D eigenvalue weighted by atomic mass is 16.5. The minimum atomic E-state index is 0.0553. The Balaban J connectivity index is 1.44. The zero-order valence-corrected chi connectivity index (χ0v) is 14.0. The van der Waals surface area contributed by atoms with Crippen LogP contribution in [-0.4, -0.2) is 72.3 Å². The first-order chi connectivity index (χ1) is 11.8. The van der Waals surface area contributed by atoms with Gasteiger partial charge in [0.05, 0.1) is 31.3 Å². The first-order valence-electron chi connectivity index (χ1n) is 8.92. The number of fused-ring (bicyclic) bond motifs is 1. The molecule has 0 spiro atoms. The summed E-state index contributed by atoms with van der Waals surface area (Å²) < 4.78 is 11.4. The van der Waals surface area contributed by atoms with Crippen molar-refractivity contribution in [1.82, 2.24) is 14.8 Å². The fraction of sp³-hybridized carbons (Fsp3) is 0.667. The number of carbonyl (C=O) groups excluding carboxylic acids is 1. The van der Waals surface area contributed by atoms with Crippen LogP contribution in [0.1, 0.15) is 18.4 Å². The van der Waals surface area contributed by atoms with E-state index in [9.17, 15) is 4.79 Å². The number of pyridine rings is 1. The third-order valence-electron chi connectivity index (χ3n) is 5.43. The Hall–Kier alpha value is -1.50. The second-order valence-corrected chi connectivity index (χ2v) is 6.94. The van der Waals surface area contributed by atoms with Gasteiger partial charge in [0, 0.05) is 45.2 Å². The molecule has 6 heteroatoms. The van der Waals surface area contributed by atoms with Gasteiger partial charge in [-0.3, -0.25) is 14.7 Å². The maximum atomic E-state index is 12.7. The van der Waals surface area contributed by atoms with E-state index in [1.54, 1.807) is 0 Å². The zero-order valence-electron chi connectivity index (χ0n) is 14.0. The highest BCUT2D eigenvalue weighted by Crippen LogP contribution is 2.26. The number of carbonyl (C=O) groups is 1. The molecule has 0 radical (unpaired) electrons. The average molecular weight is 331 g/mol. The van der Waals surface area contributed by atoms with Gasteiger partial charge in [-0.2, -0.15) is 0 Å². The monoisotopic (exact) mass is 331 g/mol. The Morgan fingerprint density at radius 2 is 2.08 bits per heavy atom. The smallest absolute Gasteiger partial charge is 0.228 e. The Labute approximate surface area is 142 Å². The number of nitrogens with zero attached hydrogens (tertiary/aromatic N) is 3. The van der Waals surface area contributed by atoms with Crippen LogP contribution in [-0.2, 0) is 20.8 Å². The molecule has 3 fully saturated rings. The van der Waals surface area contributed by atoms with E-state index < -0.39 is 0 Å². The molecular formula is C18H25N3O3. The molecule has 0 aliphatic carbocycles. The van der Waals surface area contributed by atoms with Crippen molar-refractivity contribution in [3.05, 3.63) is 30.1 Å². The zero-order chi connectivity index (χ0) is 16.4. The van der Waals surface area contributed by atoms with Gasteiger partial charge in [0.2, 0.25) is 5.91 Å². The van der Waals surface area contributed by atoms with E-state index in [0.29, 0.717) is 13.2 Å². The van der Waals surface area contributed by atoms with Gasteiger partial charge in [0.25, 0.3) is 0 Å². The summed E-state index contributed by atoms with van der Waals surface area (Å²) >= 11 is 0.